The summed E-state index contributed by atoms with van der Waals surface area (Å²) in [5.41, 5.74) is 0. The first-order valence-corrected chi connectivity index (χ1v) is 7.73. The van der Waals surface area contributed by atoms with Crippen LogP contribution in [0.5, 0.6) is 0 Å². The van der Waals surface area contributed by atoms with Crippen molar-refractivity contribution in [2.24, 2.45) is 11.8 Å². The first-order chi connectivity index (χ1) is 9.08. The van der Waals surface area contributed by atoms with E-state index in [1.807, 2.05) is 6.92 Å². The Bertz CT molecular complexity index is 303. The normalized spacial score (nSPS) is 34.8. The number of hydrogen-bond acceptors (Lipinski definition) is 4. The van der Waals surface area contributed by atoms with Crippen molar-refractivity contribution >= 4 is 5.97 Å². The molecule has 1 N–H and O–H groups in total. The molecule has 0 bridgehead atoms. The fourth-order valence-corrected chi connectivity index (χ4v) is 3.09. The molecule has 0 aromatic heterocycles. The van der Waals surface area contributed by atoms with Crippen LogP contribution in [0.25, 0.3) is 0 Å². The minimum absolute atomic E-state index is 0.0337. The standard InChI is InChI=1S/C15H28N2O2/c1-11-4-5-14(10-12(11)2)19-15(18)13(3)17-8-6-16-7-9-17/h11-14,16H,4-10H2,1-3H3. The molecule has 0 radical (unpaired) electrons. The summed E-state index contributed by atoms with van der Waals surface area (Å²) in [4.78, 5) is 14.4. The SMILES string of the molecule is CC1CCC(OC(=O)C(C)N2CCNCC2)CC1C. The van der Waals surface area contributed by atoms with Gasteiger partial charge in [-0.05, 0) is 38.0 Å². The Morgan fingerprint density at radius 2 is 1.89 bits per heavy atom. The largest absolute Gasteiger partial charge is 0.461 e. The second kappa shape index (κ2) is 6.71. The van der Waals surface area contributed by atoms with Crippen LogP contribution in [0.4, 0.5) is 0 Å². The number of rotatable bonds is 3. The number of carbonyl (C=O) groups excluding carboxylic acids is 1. The molecule has 1 aliphatic heterocycles. The van der Waals surface area contributed by atoms with Gasteiger partial charge in [0.1, 0.15) is 12.1 Å². The number of esters is 1. The Hall–Kier alpha value is -0.610. The van der Waals surface area contributed by atoms with Crippen LogP contribution in [0.1, 0.15) is 40.0 Å². The van der Waals surface area contributed by atoms with Gasteiger partial charge in [0.25, 0.3) is 0 Å². The molecule has 19 heavy (non-hydrogen) atoms. The predicted molar refractivity (Wildman–Crippen MR) is 76.0 cm³/mol. The highest BCUT2D eigenvalue weighted by molar-refractivity contribution is 5.75. The number of ether oxygens (including phenoxy) is 1. The van der Waals surface area contributed by atoms with E-state index in [9.17, 15) is 4.79 Å². The van der Waals surface area contributed by atoms with Gasteiger partial charge in [0, 0.05) is 26.2 Å². The summed E-state index contributed by atoms with van der Waals surface area (Å²) < 4.78 is 5.72. The lowest BCUT2D eigenvalue weighted by Gasteiger charge is -2.35. The molecule has 1 aliphatic carbocycles. The van der Waals surface area contributed by atoms with E-state index in [0.29, 0.717) is 5.92 Å². The summed E-state index contributed by atoms with van der Waals surface area (Å²) in [7, 11) is 0. The molecule has 4 nitrogen and oxygen atoms in total. The number of piperazine rings is 1. The Balaban J connectivity index is 1.79. The molecule has 1 saturated heterocycles. The Kier molecular flexibility index (Phi) is 5.22. The lowest BCUT2D eigenvalue weighted by molar-refractivity contribution is -0.157. The summed E-state index contributed by atoms with van der Waals surface area (Å²) in [5.74, 6) is 1.40. The Morgan fingerprint density at radius 3 is 2.53 bits per heavy atom. The lowest BCUT2D eigenvalue weighted by Crippen LogP contribution is -2.51. The molecule has 0 aromatic carbocycles. The summed E-state index contributed by atoms with van der Waals surface area (Å²) in [6, 6.07) is -0.100. The van der Waals surface area contributed by atoms with Crippen LogP contribution in [0, 0.1) is 11.8 Å². The van der Waals surface area contributed by atoms with Crippen molar-refractivity contribution in [3.63, 3.8) is 0 Å². The summed E-state index contributed by atoms with van der Waals surface area (Å²) in [6.45, 7) is 10.4. The highest BCUT2D eigenvalue weighted by Crippen LogP contribution is 2.31. The molecule has 0 spiro atoms. The van der Waals surface area contributed by atoms with Crippen LogP contribution in [0.2, 0.25) is 0 Å². The van der Waals surface area contributed by atoms with Crippen molar-refractivity contribution in [1.29, 1.82) is 0 Å². The molecule has 2 aliphatic rings. The van der Waals surface area contributed by atoms with Gasteiger partial charge in [-0.1, -0.05) is 13.8 Å². The number of nitrogens with one attached hydrogen (secondary N) is 1. The zero-order valence-corrected chi connectivity index (χ0v) is 12.5. The molecular weight excluding hydrogens is 240 g/mol. The van der Waals surface area contributed by atoms with Gasteiger partial charge in [-0.15, -0.1) is 0 Å². The molecule has 1 heterocycles. The summed E-state index contributed by atoms with van der Waals surface area (Å²) >= 11 is 0. The molecular formula is C15H28N2O2. The number of hydrogen-bond donors (Lipinski definition) is 1. The van der Waals surface area contributed by atoms with Crippen LogP contribution in [0.3, 0.4) is 0 Å². The maximum Gasteiger partial charge on any atom is 0.323 e. The van der Waals surface area contributed by atoms with Crippen molar-refractivity contribution in [3.8, 4) is 0 Å². The first kappa shape index (κ1) is 14.8. The topological polar surface area (TPSA) is 41.6 Å². The average molecular weight is 268 g/mol. The lowest BCUT2D eigenvalue weighted by atomic mass is 9.80. The molecule has 2 rings (SSSR count). The quantitative estimate of drug-likeness (QED) is 0.790. The number of carbonyl (C=O) groups is 1. The zero-order valence-electron chi connectivity index (χ0n) is 12.5. The van der Waals surface area contributed by atoms with Crippen LogP contribution < -0.4 is 5.32 Å². The van der Waals surface area contributed by atoms with E-state index in [2.05, 4.69) is 24.1 Å². The fourth-order valence-electron chi connectivity index (χ4n) is 3.09. The van der Waals surface area contributed by atoms with Gasteiger partial charge in [0.05, 0.1) is 0 Å². The first-order valence-electron chi connectivity index (χ1n) is 7.73. The molecule has 110 valence electrons. The zero-order chi connectivity index (χ0) is 13.8. The molecule has 0 amide bonds. The second-order valence-corrected chi connectivity index (χ2v) is 6.29. The molecule has 0 aromatic rings. The van der Waals surface area contributed by atoms with E-state index < -0.39 is 0 Å². The molecule has 4 atom stereocenters. The highest BCUT2D eigenvalue weighted by atomic mass is 16.5. The summed E-state index contributed by atoms with van der Waals surface area (Å²) in [5, 5.41) is 3.31. The predicted octanol–water partition coefficient (Wildman–Crippen LogP) is 1.65. The van der Waals surface area contributed by atoms with E-state index in [1.165, 1.54) is 6.42 Å². The van der Waals surface area contributed by atoms with E-state index in [-0.39, 0.29) is 18.1 Å². The van der Waals surface area contributed by atoms with Crippen LogP contribution >= 0.6 is 0 Å². The average Bonchev–Trinajstić information content (AvgIpc) is 2.43. The van der Waals surface area contributed by atoms with Gasteiger partial charge in [-0.25, -0.2) is 0 Å². The van der Waals surface area contributed by atoms with E-state index in [4.69, 9.17) is 4.74 Å². The maximum absolute atomic E-state index is 12.2. The van der Waals surface area contributed by atoms with E-state index in [0.717, 1.165) is 44.9 Å². The summed E-state index contributed by atoms with van der Waals surface area (Å²) in [6.07, 6.45) is 3.39. The molecule has 4 heteroatoms. The minimum atomic E-state index is -0.100. The fraction of sp³-hybridized carbons (Fsp3) is 0.933. The maximum atomic E-state index is 12.2. The minimum Gasteiger partial charge on any atom is -0.461 e. The highest BCUT2D eigenvalue weighted by Gasteiger charge is 2.30. The van der Waals surface area contributed by atoms with Gasteiger partial charge in [0.15, 0.2) is 0 Å². The van der Waals surface area contributed by atoms with Crippen LogP contribution in [-0.2, 0) is 9.53 Å². The van der Waals surface area contributed by atoms with Crippen molar-refractivity contribution in [2.45, 2.75) is 52.2 Å². The second-order valence-electron chi connectivity index (χ2n) is 6.29. The van der Waals surface area contributed by atoms with Gasteiger partial charge < -0.3 is 10.1 Å². The Labute approximate surface area is 116 Å². The van der Waals surface area contributed by atoms with E-state index in [1.54, 1.807) is 0 Å². The number of nitrogens with zero attached hydrogens (tertiary/aromatic N) is 1. The third-order valence-electron chi connectivity index (χ3n) is 4.87. The monoisotopic (exact) mass is 268 g/mol. The Morgan fingerprint density at radius 1 is 1.21 bits per heavy atom. The molecule has 2 fully saturated rings. The smallest absolute Gasteiger partial charge is 0.323 e. The molecule has 1 saturated carbocycles. The third-order valence-corrected chi connectivity index (χ3v) is 4.87. The van der Waals surface area contributed by atoms with Gasteiger partial charge >= 0.3 is 5.97 Å². The van der Waals surface area contributed by atoms with Gasteiger partial charge in [-0.2, -0.15) is 0 Å². The molecule has 4 unspecified atom stereocenters. The van der Waals surface area contributed by atoms with Crippen molar-refractivity contribution < 1.29 is 9.53 Å². The van der Waals surface area contributed by atoms with Crippen molar-refractivity contribution in [3.05, 3.63) is 0 Å². The van der Waals surface area contributed by atoms with Crippen molar-refractivity contribution in [1.82, 2.24) is 10.2 Å². The van der Waals surface area contributed by atoms with Gasteiger partial charge in [-0.3, -0.25) is 9.69 Å². The third kappa shape index (κ3) is 3.93. The van der Waals surface area contributed by atoms with Crippen LogP contribution in [-0.4, -0.2) is 49.2 Å². The van der Waals surface area contributed by atoms with Gasteiger partial charge in [0.2, 0.25) is 0 Å². The van der Waals surface area contributed by atoms with E-state index >= 15 is 0 Å². The van der Waals surface area contributed by atoms with Crippen LogP contribution in [0.15, 0.2) is 0 Å². The van der Waals surface area contributed by atoms with Crippen molar-refractivity contribution in [2.75, 3.05) is 26.2 Å².